The summed E-state index contributed by atoms with van der Waals surface area (Å²) in [6.07, 6.45) is 4.35. The Morgan fingerprint density at radius 2 is 2.10 bits per heavy atom. The number of hydrogen-bond donors (Lipinski definition) is 1. The summed E-state index contributed by atoms with van der Waals surface area (Å²) in [4.78, 5) is 0. The molecule has 1 aliphatic heterocycles. The van der Waals surface area contributed by atoms with Crippen molar-refractivity contribution < 1.29 is 9.13 Å². The molecule has 21 heavy (non-hydrogen) atoms. The molecule has 0 radical (unpaired) electrons. The van der Waals surface area contributed by atoms with Gasteiger partial charge >= 0.3 is 0 Å². The number of hydrogen-bond acceptors (Lipinski definition) is 2. The topological polar surface area (TPSA) is 21.3 Å². The van der Waals surface area contributed by atoms with Crippen LogP contribution < -0.4 is 10.1 Å². The van der Waals surface area contributed by atoms with Crippen molar-refractivity contribution >= 4 is 0 Å². The molecular formula is C18H26FNO. The summed E-state index contributed by atoms with van der Waals surface area (Å²) >= 11 is 0. The van der Waals surface area contributed by atoms with Crippen LogP contribution in [0.5, 0.6) is 5.75 Å². The van der Waals surface area contributed by atoms with E-state index in [9.17, 15) is 4.39 Å². The second kappa shape index (κ2) is 5.60. The van der Waals surface area contributed by atoms with Gasteiger partial charge in [-0.1, -0.05) is 26.8 Å². The van der Waals surface area contributed by atoms with Gasteiger partial charge in [0.15, 0.2) is 0 Å². The Bertz CT molecular complexity index is 518. The van der Waals surface area contributed by atoms with Gasteiger partial charge < -0.3 is 10.1 Å². The molecule has 1 aromatic carbocycles. The number of fused-ring (bicyclic) bond motifs is 1. The maximum atomic E-state index is 13.6. The van der Waals surface area contributed by atoms with E-state index in [1.54, 1.807) is 6.07 Å². The first kappa shape index (κ1) is 14.8. The van der Waals surface area contributed by atoms with Gasteiger partial charge in [-0.15, -0.1) is 0 Å². The summed E-state index contributed by atoms with van der Waals surface area (Å²) in [5, 5.41) is 3.56. The lowest BCUT2D eigenvalue weighted by atomic mass is 9.69. The summed E-state index contributed by atoms with van der Waals surface area (Å²) in [5.74, 6) is 1.95. The van der Waals surface area contributed by atoms with Gasteiger partial charge in [0.2, 0.25) is 0 Å². The highest BCUT2D eigenvalue weighted by Gasteiger charge is 2.45. The molecule has 1 aromatic rings. The Morgan fingerprint density at radius 3 is 2.81 bits per heavy atom. The van der Waals surface area contributed by atoms with Gasteiger partial charge in [-0.05, 0) is 43.7 Å². The van der Waals surface area contributed by atoms with Gasteiger partial charge in [0, 0.05) is 24.1 Å². The lowest BCUT2D eigenvalue weighted by Crippen LogP contribution is -2.48. The molecule has 1 fully saturated rings. The predicted molar refractivity (Wildman–Crippen MR) is 83.0 cm³/mol. The van der Waals surface area contributed by atoms with Crippen molar-refractivity contribution in [3.63, 3.8) is 0 Å². The van der Waals surface area contributed by atoms with Gasteiger partial charge in [0.05, 0.1) is 0 Å². The van der Waals surface area contributed by atoms with Crippen molar-refractivity contribution in [1.29, 1.82) is 0 Å². The molecule has 0 amide bonds. The van der Waals surface area contributed by atoms with Crippen LogP contribution in [0.3, 0.4) is 0 Å². The highest BCUT2D eigenvalue weighted by atomic mass is 19.1. The molecule has 0 bridgehead atoms. The average Bonchev–Trinajstić information content (AvgIpc) is 2.43. The summed E-state index contributed by atoms with van der Waals surface area (Å²) < 4.78 is 20.0. The number of nitrogens with one attached hydrogen (secondary N) is 1. The third-order valence-corrected chi connectivity index (χ3v) is 5.42. The van der Waals surface area contributed by atoms with Gasteiger partial charge in [-0.2, -0.15) is 0 Å². The van der Waals surface area contributed by atoms with Crippen molar-refractivity contribution in [2.45, 2.75) is 58.1 Å². The third kappa shape index (κ3) is 2.80. The van der Waals surface area contributed by atoms with Crippen LogP contribution in [0.2, 0.25) is 0 Å². The minimum absolute atomic E-state index is 0.112. The van der Waals surface area contributed by atoms with Crippen LogP contribution >= 0.6 is 0 Å². The Morgan fingerprint density at radius 1 is 1.29 bits per heavy atom. The van der Waals surface area contributed by atoms with Crippen molar-refractivity contribution in [3.05, 3.63) is 29.6 Å². The molecule has 4 atom stereocenters. The van der Waals surface area contributed by atoms with Crippen molar-refractivity contribution in [1.82, 2.24) is 5.32 Å². The fraction of sp³-hybridized carbons (Fsp3) is 0.667. The first-order chi connectivity index (χ1) is 10.0. The minimum atomic E-state index is -0.210. The molecule has 3 rings (SSSR count). The zero-order chi connectivity index (χ0) is 15.0. The average molecular weight is 291 g/mol. The maximum absolute atomic E-state index is 13.6. The molecule has 0 aromatic heterocycles. The molecule has 4 unspecified atom stereocenters. The van der Waals surface area contributed by atoms with E-state index in [1.807, 2.05) is 6.07 Å². The molecule has 116 valence electrons. The zero-order valence-electron chi connectivity index (χ0n) is 13.3. The van der Waals surface area contributed by atoms with E-state index in [-0.39, 0.29) is 17.5 Å². The van der Waals surface area contributed by atoms with Gasteiger partial charge in [-0.25, -0.2) is 4.39 Å². The van der Waals surface area contributed by atoms with Gasteiger partial charge in [0.1, 0.15) is 17.2 Å². The second-order valence-corrected chi connectivity index (χ2v) is 6.98. The molecule has 1 spiro atoms. The Hall–Kier alpha value is -1.09. The van der Waals surface area contributed by atoms with E-state index in [2.05, 4.69) is 26.1 Å². The summed E-state index contributed by atoms with van der Waals surface area (Å²) in [7, 11) is 0. The van der Waals surface area contributed by atoms with Crippen LogP contribution in [-0.4, -0.2) is 12.1 Å². The van der Waals surface area contributed by atoms with Crippen molar-refractivity contribution in [3.8, 4) is 5.75 Å². The van der Waals surface area contributed by atoms with E-state index < -0.39 is 0 Å². The van der Waals surface area contributed by atoms with E-state index in [4.69, 9.17) is 4.74 Å². The third-order valence-electron chi connectivity index (χ3n) is 5.42. The van der Waals surface area contributed by atoms with E-state index >= 15 is 0 Å². The maximum Gasteiger partial charge on any atom is 0.127 e. The summed E-state index contributed by atoms with van der Waals surface area (Å²) in [6.45, 7) is 7.69. The second-order valence-electron chi connectivity index (χ2n) is 6.98. The van der Waals surface area contributed by atoms with Gasteiger partial charge in [0.25, 0.3) is 0 Å². The van der Waals surface area contributed by atoms with Gasteiger partial charge in [-0.3, -0.25) is 0 Å². The largest absolute Gasteiger partial charge is 0.487 e. The highest BCUT2D eigenvalue weighted by molar-refractivity contribution is 5.39. The number of ether oxygens (including phenoxy) is 1. The SMILES string of the molecule is CCNC1CC2(CCC(C)C(C)C2)Oc2cc(F)ccc21. The molecular weight excluding hydrogens is 265 g/mol. The van der Waals surface area contributed by atoms with E-state index in [0.717, 1.165) is 43.0 Å². The van der Waals surface area contributed by atoms with Crippen LogP contribution in [0.4, 0.5) is 4.39 Å². The fourth-order valence-corrected chi connectivity index (χ4v) is 4.01. The predicted octanol–water partition coefficient (Wildman–Crippen LogP) is 4.45. The molecule has 2 aliphatic rings. The Labute approximate surface area is 127 Å². The molecule has 1 aliphatic carbocycles. The normalized spacial score (nSPS) is 35.3. The fourth-order valence-electron chi connectivity index (χ4n) is 4.01. The van der Waals surface area contributed by atoms with Crippen LogP contribution in [0.15, 0.2) is 18.2 Å². The van der Waals surface area contributed by atoms with Crippen LogP contribution in [0, 0.1) is 17.7 Å². The first-order valence-electron chi connectivity index (χ1n) is 8.25. The lowest BCUT2D eigenvalue weighted by Gasteiger charge is -2.48. The number of rotatable bonds is 2. The summed E-state index contributed by atoms with van der Waals surface area (Å²) in [6, 6.07) is 5.25. The van der Waals surface area contributed by atoms with Crippen LogP contribution in [0.25, 0.3) is 0 Å². The standard InChI is InChI=1S/C18H26FNO/c1-4-20-16-11-18(8-7-12(2)13(3)10-18)21-17-9-14(19)5-6-15(16)17/h5-6,9,12-13,16,20H,4,7-8,10-11H2,1-3H3. The van der Waals surface area contributed by atoms with Crippen molar-refractivity contribution in [2.75, 3.05) is 6.54 Å². The van der Waals surface area contributed by atoms with E-state index in [0.29, 0.717) is 5.92 Å². The number of halogens is 1. The molecule has 1 saturated carbocycles. The first-order valence-corrected chi connectivity index (χ1v) is 8.25. The molecule has 0 saturated heterocycles. The van der Waals surface area contributed by atoms with Crippen molar-refractivity contribution in [2.24, 2.45) is 11.8 Å². The van der Waals surface area contributed by atoms with E-state index in [1.165, 1.54) is 12.5 Å². The Balaban J connectivity index is 1.92. The minimum Gasteiger partial charge on any atom is -0.487 e. The smallest absolute Gasteiger partial charge is 0.127 e. The molecule has 1 heterocycles. The monoisotopic (exact) mass is 291 g/mol. The zero-order valence-corrected chi connectivity index (χ0v) is 13.3. The summed E-state index contributed by atoms with van der Waals surface area (Å²) in [5.41, 5.74) is 0.995. The van der Waals surface area contributed by atoms with Crippen LogP contribution in [-0.2, 0) is 0 Å². The molecule has 1 N–H and O–H groups in total. The molecule has 2 nitrogen and oxygen atoms in total. The quantitative estimate of drug-likeness (QED) is 0.869. The molecule has 3 heteroatoms. The van der Waals surface area contributed by atoms with Crippen LogP contribution in [0.1, 0.15) is 58.1 Å². The Kier molecular flexibility index (Phi) is 3.96. The number of benzene rings is 1. The highest BCUT2D eigenvalue weighted by Crippen LogP contribution is 2.48. The lowest BCUT2D eigenvalue weighted by molar-refractivity contribution is -0.0324.